The fraction of sp³-hybridized carbons (Fsp3) is 0.600. The first-order valence-corrected chi connectivity index (χ1v) is 6.71. The van der Waals surface area contributed by atoms with Gasteiger partial charge in [0.1, 0.15) is 12.4 Å². The van der Waals surface area contributed by atoms with E-state index in [9.17, 15) is 0 Å². The van der Waals surface area contributed by atoms with Gasteiger partial charge in [-0.05, 0) is 62.9 Å². The number of aryl methyl sites for hydroxylation is 2. The van der Waals surface area contributed by atoms with Crippen LogP contribution < -0.4 is 10.5 Å². The van der Waals surface area contributed by atoms with Crippen molar-refractivity contribution >= 4 is 0 Å². The highest BCUT2D eigenvalue weighted by molar-refractivity contribution is 5.32. The molecule has 1 rings (SSSR count). The van der Waals surface area contributed by atoms with Crippen molar-refractivity contribution in [3.63, 3.8) is 0 Å². The van der Waals surface area contributed by atoms with Gasteiger partial charge in [-0.2, -0.15) is 0 Å². The molecule has 1 aromatic carbocycles. The number of unbranched alkanes of at least 4 members (excludes halogenated alkanes) is 2. The Morgan fingerprint density at radius 2 is 1.61 bits per heavy atom. The highest BCUT2D eigenvalue weighted by Crippen LogP contribution is 2.15. The summed E-state index contributed by atoms with van der Waals surface area (Å²) in [6.07, 6.45) is 3.32. The van der Waals surface area contributed by atoms with Crippen molar-refractivity contribution in [1.82, 2.24) is 0 Å². The van der Waals surface area contributed by atoms with Crippen LogP contribution in [0.1, 0.15) is 30.4 Å². The molecule has 0 aliphatic heterocycles. The van der Waals surface area contributed by atoms with E-state index in [-0.39, 0.29) is 0 Å². The first-order chi connectivity index (χ1) is 8.72. The van der Waals surface area contributed by atoms with Crippen LogP contribution in [0.2, 0.25) is 0 Å². The van der Waals surface area contributed by atoms with E-state index < -0.39 is 0 Å². The number of nitrogens with two attached hydrogens (primary N) is 1. The van der Waals surface area contributed by atoms with E-state index >= 15 is 0 Å². The summed E-state index contributed by atoms with van der Waals surface area (Å²) in [6, 6.07) is 6.24. The first kappa shape index (κ1) is 15.0. The monoisotopic (exact) mass is 251 g/mol. The van der Waals surface area contributed by atoms with Gasteiger partial charge in [-0.1, -0.05) is 6.07 Å². The molecular weight excluding hydrogens is 226 g/mol. The van der Waals surface area contributed by atoms with Crippen LogP contribution >= 0.6 is 0 Å². The third-order valence-corrected chi connectivity index (χ3v) is 2.68. The Balaban J connectivity index is 2.07. The van der Waals surface area contributed by atoms with Gasteiger partial charge in [0.25, 0.3) is 0 Å². The van der Waals surface area contributed by atoms with Gasteiger partial charge in [-0.25, -0.2) is 0 Å². The van der Waals surface area contributed by atoms with Gasteiger partial charge in [-0.3, -0.25) is 0 Å². The molecule has 18 heavy (non-hydrogen) atoms. The minimum Gasteiger partial charge on any atom is -0.491 e. The number of hydrogen-bond donors (Lipinski definition) is 1. The van der Waals surface area contributed by atoms with E-state index in [1.807, 2.05) is 12.1 Å². The SMILES string of the molecule is Cc1cc(C)cc(OCCOCCCCCN)c1. The second-order valence-corrected chi connectivity index (χ2v) is 4.63. The number of benzene rings is 1. The average Bonchev–Trinajstić information content (AvgIpc) is 2.31. The lowest BCUT2D eigenvalue weighted by molar-refractivity contribution is 0.0972. The Bertz CT molecular complexity index is 319. The Labute approximate surface area is 110 Å². The Kier molecular flexibility index (Phi) is 7.46. The van der Waals surface area contributed by atoms with Crippen molar-refractivity contribution in [1.29, 1.82) is 0 Å². The molecule has 0 radical (unpaired) electrons. The van der Waals surface area contributed by atoms with Crippen molar-refractivity contribution in [2.75, 3.05) is 26.4 Å². The number of hydrogen-bond acceptors (Lipinski definition) is 3. The Morgan fingerprint density at radius 1 is 0.889 bits per heavy atom. The molecule has 3 nitrogen and oxygen atoms in total. The van der Waals surface area contributed by atoms with Crippen molar-refractivity contribution < 1.29 is 9.47 Å². The van der Waals surface area contributed by atoms with Crippen LogP contribution in [0.15, 0.2) is 18.2 Å². The maximum atomic E-state index is 5.65. The summed E-state index contributed by atoms with van der Waals surface area (Å²) in [4.78, 5) is 0. The molecule has 2 N–H and O–H groups in total. The zero-order chi connectivity index (χ0) is 13.2. The molecule has 3 heteroatoms. The van der Waals surface area contributed by atoms with Crippen LogP contribution in [0.5, 0.6) is 5.75 Å². The van der Waals surface area contributed by atoms with E-state index in [0.29, 0.717) is 13.2 Å². The normalized spacial score (nSPS) is 10.6. The summed E-state index contributed by atoms with van der Waals surface area (Å²) >= 11 is 0. The maximum absolute atomic E-state index is 5.65. The summed E-state index contributed by atoms with van der Waals surface area (Å²) in [5.74, 6) is 0.930. The molecule has 0 aliphatic rings. The zero-order valence-corrected chi connectivity index (χ0v) is 11.6. The van der Waals surface area contributed by atoms with Crippen molar-refractivity contribution in [2.24, 2.45) is 5.73 Å². The summed E-state index contributed by atoms with van der Waals surface area (Å²) < 4.78 is 11.1. The fourth-order valence-electron chi connectivity index (χ4n) is 1.86. The topological polar surface area (TPSA) is 44.5 Å². The molecule has 1 aromatic rings. The molecule has 0 unspecified atom stereocenters. The van der Waals surface area contributed by atoms with E-state index in [1.54, 1.807) is 0 Å². The molecule has 0 saturated carbocycles. The van der Waals surface area contributed by atoms with Gasteiger partial charge in [0.2, 0.25) is 0 Å². The first-order valence-electron chi connectivity index (χ1n) is 6.71. The summed E-state index contributed by atoms with van der Waals surface area (Å²) in [5, 5.41) is 0. The highest BCUT2D eigenvalue weighted by Gasteiger charge is 1.97. The lowest BCUT2D eigenvalue weighted by Gasteiger charge is -2.08. The molecule has 0 bridgehead atoms. The fourth-order valence-corrected chi connectivity index (χ4v) is 1.86. The second-order valence-electron chi connectivity index (χ2n) is 4.63. The van der Waals surface area contributed by atoms with Crippen molar-refractivity contribution in [3.05, 3.63) is 29.3 Å². The number of rotatable bonds is 9. The van der Waals surface area contributed by atoms with Crippen molar-refractivity contribution in [3.8, 4) is 5.75 Å². The summed E-state index contributed by atoms with van der Waals surface area (Å²) in [6.45, 7) is 6.99. The molecule has 0 heterocycles. The van der Waals surface area contributed by atoms with Gasteiger partial charge >= 0.3 is 0 Å². The van der Waals surface area contributed by atoms with E-state index in [4.69, 9.17) is 15.2 Å². The largest absolute Gasteiger partial charge is 0.491 e. The Morgan fingerprint density at radius 3 is 2.28 bits per heavy atom. The molecule has 0 atom stereocenters. The minimum atomic E-state index is 0.611. The molecule has 0 aliphatic carbocycles. The maximum Gasteiger partial charge on any atom is 0.119 e. The average molecular weight is 251 g/mol. The lowest BCUT2D eigenvalue weighted by Crippen LogP contribution is -2.08. The van der Waals surface area contributed by atoms with Crippen LogP contribution in [0.3, 0.4) is 0 Å². The smallest absolute Gasteiger partial charge is 0.119 e. The Hall–Kier alpha value is -1.06. The highest BCUT2D eigenvalue weighted by atomic mass is 16.5. The zero-order valence-electron chi connectivity index (χ0n) is 11.6. The van der Waals surface area contributed by atoms with Crippen LogP contribution in [0.4, 0.5) is 0 Å². The molecular formula is C15H25NO2. The predicted octanol–water partition coefficient (Wildman–Crippen LogP) is 2.83. The molecule has 0 fully saturated rings. The van der Waals surface area contributed by atoms with Gasteiger partial charge < -0.3 is 15.2 Å². The third kappa shape index (κ3) is 6.62. The lowest BCUT2D eigenvalue weighted by atomic mass is 10.1. The van der Waals surface area contributed by atoms with E-state index in [2.05, 4.69) is 19.9 Å². The van der Waals surface area contributed by atoms with Crippen LogP contribution in [-0.4, -0.2) is 26.4 Å². The quantitative estimate of drug-likeness (QED) is 0.686. The third-order valence-electron chi connectivity index (χ3n) is 2.68. The second kappa shape index (κ2) is 8.95. The molecule has 0 spiro atoms. The summed E-state index contributed by atoms with van der Waals surface area (Å²) in [5.41, 5.74) is 7.88. The number of ether oxygens (including phenoxy) is 2. The standard InChI is InChI=1S/C15H25NO2/c1-13-10-14(2)12-15(11-13)18-9-8-17-7-5-3-4-6-16/h10-12H,3-9,16H2,1-2H3. The molecule has 102 valence electrons. The minimum absolute atomic E-state index is 0.611. The van der Waals surface area contributed by atoms with Crippen molar-refractivity contribution in [2.45, 2.75) is 33.1 Å². The summed E-state index contributed by atoms with van der Waals surface area (Å²) in [7, 11) is 0. The van der Waals surface area contributed by atoms with Gasteiger partial charge in [0.05, 0.1) is 6.61 Å². The van der Waals surface area contributed by atoms with Gasteiger partial charge in [-0.15, -0.1) is 0 Å². The molecule has 0 amide bonds. The van der Waals surface area contributed by atoms with E-state index in [0.717, 1.165) is 38.2 Å². The van der Waals surface area contributed by atoms with Gasteiger partial charge in [0.15, 0.2) is 0 Å². The van der Waals surface area contributed by atoms with Gasteiger partial charge in [0, 0.05) is 6.61 Å². The van der Waals surface area contributed by atoms with Crippen LogP contribution in [0.25, 0.3) is 0 Å². The van der Waals surface area contributed by atoms with E-state index in [1.165, 1.54) is 11.1 Å². The van der Waals surface area contributed by atoms with Crippen LogP contribution in [0, 0.1) is 13.8 Å². The van der Waals surface area contributed by atoms with Crippen LogP contribution in [-0.2, 0) is 4.74 Å². The molecule has 0 saturated heterocycles. The molecule has 0 aromatic heterocycles. The predicted molar refractivity (Wildman–Crippen MR) is 75.1 cm³/mol.